The third kappa shape index (κ3) is 4.31. The second-order valence-corrected chi connectivity index (χ2v) is 7.99. The van der Waals surface area contributed by atoms with Gasteiger partial charge >= 0.3 is 0 Å². The zero-order valence-corrected chi connectivity index (χ0v) is 17.2. The molecular weight excluding hydrogens is 412 g/mol. The highest BCUT2D eigenvalue weighted by Gasteiger charge is 2.23. The highest BCUT2D eigenvalue weighted by molar-refractivity contribution is 6.32. The molecule has 29 heavy (non-hydrogen) atoms. The lowest BCUT2D eigenvalue weighted by atomic mass is 10.1. The molecule has 1 aliphatic heterocycles. The van der Waals surface area contributed by atoms with Crippen molar-refractivity contribution in [3.8, 4) is 0 Å². The van der Waals surface area contributed by atoms with Gasteiger partial charge in [-0.2, -0.15) is 0 Å². The van der Waals surface area contributed by atoms with Gasteiger partial charge in [-0.15, -0.1) is 0 Å². The molecule has 1 amide bonds. The first-order valence-corrected chi connectivity index (χ1v) is 10.3. The van der Waals surface area contributed by atoms with E-state index < -0.39 is 0 Å². The van der Waals surface area contributed by atoms with Crippen molar-refractivity contribution in [3.05, 3.63) is 69.6 Å². The highest BCUT2D eigenvalue weighted by Crippen LogP contribution is 2.31. The summed E-state index contributed by atoms with van der Waals surface area (Å²) in [5.41, 5.74) is 2.63. The quantitative estimate of drug-likeness (QED) is 0.557. The van der Waals surface area contributed by atoms with E-state index in [-0.39, 0.29) is 11.7 Å². The van der Waals surface area contributed by atoms with Crippen LogP contribution in [-0.4, -0.2) is 28.9 Å². The van der Waals surface area contributed by atoms with E-state index in [0.717, 1.165) is 48.8 Å². The van der Waals surface area contributed by atoms with Crippen molar-refractivity contribution < 1.29 is 9.18 Å². The normalized spacial score (nSPS) is 14.2. The highest BCUT2D eigenvalue weighted by atomic mass is 35.5. The number of nitrogens with zero attached hydrogens (tertiary/aromatic N) is 2. The first-order valence-electron chi connectivity index (χ1n) is 9.58. The van der Waals surface area contributed by atoms with Crippen LogP contribution in [0.4, 0.5) is 10.1 Å². The number of likely N-dealkylation sites (tertiary alicyclic amines) is 1. The van der Waals surface area contributed by atoms with E-state index in [0.29, 0.717) is 27.8 Å². The van der Waals surface area contributed by atoms with E-state index >= 15 is 0 Å². The summed E-state index contributed by atoms with van der Waals surface area (Å²) in [6.45, 7) is 1.83. The summed E-state index contributed by atoms with van der Waals surface area (Å²) in [5, 5.41) is 4.98. The minimum Gasteiger partial charge on any atom is -0.380 e. The molecule has 2 heterocycles. The minimum atomic E-state index is -0.388. The number of pyridine rings is 1. The topological polar surface area (TPSA) is 45.2 Å². The molecule has 150 valence electrons. The maximum Gasteiger partial charge on any atom is 0.257 e. The summed E-state index contributed by atoms with van der Waals surface area (Å²) in [4.78, 5) is 19.5. The Labute approximate surface area is 178 Å². The Bertz CT molecular complexity index is 1070. The van der Waals surface area contributed by atoms with Gasteiger partial charge in [-0.1, -0.05) is 29.3 Å². The predicted octanol–water partition coefficient (Wildman–Crippen LogP) is 5.92. The standard InChI is InChI=1S/C22H20Cl2FN3O/c23-15-5-7-20-17(10-15)21(27-12-14-4-6-16(25)11-19(14)24)18(13-26-20)22(29)28-8-2-1-3-9-28/h4-7,10-11,13H,1-3,8-9,12H2,(H,26,27). The van der Waals surface area contributed by atoms with Crippen LogP contribution in [0.25, 0.3) is 10.9 Å². The number of anilines is 1. The van der Waals surface area contributed by atoms with Crippen LogP contribution in [0.5, 0.6) is 0 Å². The fraction of sp³-hybridized carbons (Fsp3) is 0.273. The number of hydrogen-bond donors (Lipinski definition) is 1. The lowest BCUT2D eigenvalue weighted by Crippen LogP contribution is -2.36. The van der Waals surface area contributed by atoms with Gasteiger partial charge in [0.2, 0.25) is 0 Å². The molecule has 0 radical (unpaired) electrons. The number of rotatable bonds is 4. The molecule has 3 aromatic rings. The molecule has 0 spiro atoms. The molecule has 0 unspecified atom stereocenters. The van der Waals surface area contributed by atoms with Crippen LogP contribution in [0.2, 0.25) is 10.0 Å². The average Bonchev–Trinajstić information content (AvgIpc) is 2.73. The van der Waals surface area contributed by atoms with Gasteiger partial charge in [-0.05, 0) is 55.2 Å². The molecule has 0 bridgehead atoms. The van der Waals surface area contributed by atoms with Gasteiger partial charge in [0, 0.05) is 41.3 Å². The molecule has 7 heteroatoms. The average molecular weight is 432 g/mol. The lowest BCUT2D eigenvalue weighted by Gasteiger charge is -2.27. The van der Waals surface area contributed by atoms with Crippen LogP contribution in [0, 0.1) is 5.82 Å². The number of benzene rings is 2. The fourth-order valence-corrected chi connectivity index (χ4v) is 4.04. The van der Waals surface area contributed by atoms with Crippen molar-refractivity contribution in [2.45, 2.75) is 25.8 Å². The Hall–Kier alpha value is -2.37. The second kappa shape index (κ2) is 8.56. The van der Waals surface area contributed by atoms with Crippen molar-refractivity contribution in [3.63, 3.8) is 0 Å². The van der Waals surface area contributed by atoms with Crippen LogP contribution in [-0.2, 0) is 6.54 Å². The summed E-state index contributed by atoms with van der Waals surface area (Å²) in [7, 11) is 0. The number of piperidine rings is 1. The van der Waals surface area contributed by atoms with Crippen LogP contribution in [0.15, 0.2) is 42.6 Å². The molecule has 1 aliphatic rings. The summed E-state index contributed by atoms with van der Waals surface area (Å²) in [6.07, 6.45) is 4.77. The molecule has 4 nitrogen and oxygen atoms in total. The largest absolute Gasteiger partial charge is 0.380 e. The van der Waals surface area contributed by atoms with Gasteiger partial charge in [0.1, 0.15) is 5.82 Å². The number of carbonyl (C=O) groups is 1. The summed E-state index contributed by atoms with van der Waals surface area (Å²) in [6, 6.07) is 9.66. The smallest absolute Gasteiger partial charge is 0.257 e. The Morgan fingerprint density at radius 2 is 1.90 bits per heavy atom. The van der Waals surface area contributed by atoms with Gasteiger partial charge in [-0.25, -0.2) is 4.39 Å². The molecule has 1 aromatic heterocycles. The first-order chi connectivity index (χ1) is 14.0. The molecular formula is C22H20Cl2FN3O. The number of hydrogen-bond acceptors (Lipinski definition) is 3. The second-order valence-electron chi connectivity index (χ2n) is 7.15. The third-order valence-corrected chi connectivity index (χ3v) is 5.76. The molecule has 0 saturated carbocycles. The number of amides is 1. The third-order valence-electron chi connectivity index (χ3n) is 5.17. The van der Waals surface area contributed by atoms with Gasteiger partial charge in [0.25, 0.3) is 5.91 Å². The van der Waals surface area contributed by atoms with Crippen LogP contribution < -0.4 is 5.32 Å². The van der Waals surface area contributed by atoms with Gasteiger partial charge in [-0.3, -0.25) is 9.78 Å². The number of halogens is 3. The molecule has 2 aromatic carbocycles. The number of aromatic nitrogens is 1. The fourth-order valence-electron chi connectivity index (χ4n) is 3.63. The van der Waals surface area contributed by atoms with Gasteiger partial charge in [0.05, 0.1) is 16.8 Å². The molecule has 0 atom stereocenters. The molecule has 1 N–H and O–H groups in total. The summed E-state index contributed by atoms with van der Waals surface area (Å²) in [5.74, 6) is -0.437. The molecule has 1 saturated heterocycles. The maximum atomic E-state index is 13.4. The minimum absolute atomic E-state index is 0.0493. The van der Waals surface area contributed by atoms with Crippen LogP contribution in [0.3, 0.4) is 0 Å². The lowest BCUT2D eigenvalue weighted by molar-refractivity contribution is 0.0725. The molecule has 4 rings (SSSR count). The van der Waals surface area contributed by atoms with Gasteiger partial charge < -0.3 is 10.2 Å². The Balaban J connectivity index is 1.73. The zero-order valence-electron chi connectivity index (χ0n) is 15.7. The molecule has 0 aliphatic carbocycles. The van der Waals surface area contributed by atoms with E-state index in [9.17, 15) is 9.18 Å². The first kappa shape index (κ1) is 19.9. The van der Waals surface area contributed by atoms with E-state index in [1.165, 1.54) is 12.1 Å². The number of nitrogens with one attached hydrogen (secondary N) is 1. The Morgan fingerprint density at radius 3 is 2.66 bits per heavy atom. The summed E-state index contributed by atoms with van der Waals surface area (Å²) < 4.78 is 13.4. The maximum absolute atomic E-state index is 13.4. The van der Waals surface area contributed by atoms with Crippen LogP contribution in [0.1, 0.15) is 35.2 Å². The van der Waals surface area contributed by atoms with E-state index in [4.69, 9.17) is 23.2 Å². The van der Waals surface area contributed by atoms with E-state index in [1.807, 2.05) is 11.0 Å². The van der Waals surface area contributed by atoms with Crippen molar-refractivity contribution in [1.29, 1.82) is 0 Å². The SMILES string of the molecule is O=C(c1cnc2ccc(Cl)cc2c1NCc1ccc(F)cc1Cl)N1CCCCC1. The van der Waals surface area contributed by atoms with Crippen LogP contribution >= 0.6 is 23.2 Å². The van der Waals surface area contributed by atoms with E-state index in [1.54, 1.807) is 24.4 Å². The van der Waals surface area contributed by atoms with Crippen molar-refractivity contribution in [1.82, 2.24) is 9.88 Å². The number of fused-ring (bicyclic) bond motifs is 1. The zero-order chi connectivity index (χ0) is 20.4. The van der Waals surface area contributed by atoms with Gasteiger partial charge in [0.15, 0.2) is 0 Å². The van der Waals surface area contributed by atoms with Crippen molar-refractivity contribution in [2.24, 2.45) is 0 Å². The van der Waals surface area contributed by atoms with E-state index in [2.05, 4.69) is 10.3 Å². The predicted molar refractivity (Wildman–Crippen MR) is 115 cm³/mol. The summed E-state index contributed by atoms with van der Waals surface area (Å²) >= 11 is 12.4. The van der Waals surface area contributed by atoms with Crippen molar-refractivity contribution in [2.75, 3.05) is 18.4 Å². The Kier molecular flexibility index (Phi) is 5.88. The Morgan fingerprint density at radius 1 is 1.10 bits per heavy atom. The van der Waals surface area contributed by atoms with Crippen molar-refractivity contribution >= 4 is 45.7 Å². The monoisotopic (exact) mass is 431 g/mol. The number of carbonyl (C=O) groups excluding carboxylic acids is 1. The molecule has 1 fully saturated rings.